The fourth-order valence-corrected chi connectivity index (χ4v) is 2.05. The van der Waals surface area contributed by atoms with Crippen LogP contribution in [-0.2, 0) is 7.05 Å². The summed E-state index contributed by atoms with van der Waals surface area (Å²) in [6.45, 7) is 0.297. The third-order valence-corrected chi connectivity index (χ3v) is 3.21. The van der Waals surface area contributed by atoms with E-state index in [4.69, 9.17) is 11.1 Å². The first-order chi connectivity index (χ1) is 11.0. The quantitative estimate of drug-likeness (QED) is 0.476. The Balaban J connectivity index is 2.01. The fourth-order valence-electron chi connectivity index (χ4n) is 2.05. The Bertz CT molecular complexity index is 721. The van der Waals surface area contributed by atoms with Gasteiger partial charge < -0.3 is 20.9 Å². The molecule has 1 aromatic heterocycles. The maximum absolute atomic E-state index is 12.1. The van der Waals surface area contributed by atoms with E-state index in [0.29, 0.717) is 29.9 Å². The number of nitrogens with two attached hydrogens (primary N) is 1. The van der Waals surface area contributed by atoms with Gasteiger partial charge in [-0.15, -0.1) is 0 Å². The fraction of sp³-hybridized carbons (Fsp3) is 0.188. The van der Waals surface area contributed by atoms with Gasteiger partial charge in [-0.05, 0) is 18.2 Å². The number of anilines is 1. The molecule has 0 saturated heterocycles. The van der Waals surface area contributed by atoms with Gasteiger partial charge in [0.1, 0.15) is 5.69 Å². The summed E-state index contributed by atoms with van der Waals surface area (Å²) >= 11 is 0. The van der Waals surface area contributed by atoms with Crippen LogP contribution in [0.3, 0.4) is 0 Å². The van der Waals surface area contributed by atoms with Gasteiger partial charge in [-0.1, -0.05) is 18.2 Å². The molecule has 7 nitrogen and oxygen atoms in total. The lowest BCUT2D eigenvalue weighted by Gasteiger charge is -2.04. The molecule has 1 heterocycles. The molecular formula is C16H19N5O2. The molecule has 23 heavy (non-hydrogen) atoms. The van der Waals surface area contributed by atoms with Gasteiger partial charge >= 0.3 is 0 Å². The molecule has 0 unspecified atom stereocenters. The van der Waals surface area contributed by atoms with Gasteiger partial charge in [0.2, 0.25) is 0 Å². The molecule has 5 N–H and O–H groups in total. The second-order valence-electron chi connectivity index (χ2n) is 5.08. The van der Waals surface area contributed by atoms with Crippen molar-refractivity contribution in [1.82, 2.24) is 9.88 Å². The molecule has 2 amide bonds. The van der Waals surface area contributed by atoms with Crippen molar-refractivity contribution in [1.29, 1.82) is 5.41 Å². The number of aryl methyl sites for hydroxylation is 1. The minimum atomic E-state index is -0.283. The molecule has 120 valence electrons. The van der Waals surface area contributed by atoms with E-state index in [0.717, 1.165) is 0 Å². The zero-order valence-corrected chi connectivity index (χ0v) is 12.8. The lowest BCUT2D eigenvalue weighted by molar-refractivity contribution is 0.0945. The molecule has 0 radical (unpaired) electrons. The predicted molar refractivity (Wildman–Crippen MR) is 88.7 cm³/mol. The van der Waals surface area contributed by atoms with Crippen LogP contribution < -0.4 is 16.4 Å². The molecule has 0 saturated carbocycles. The van der Waals surface area contributed by atoms with Gasteiger partial charge in [0.25, 0.3) is 11.8 Å². The highest BCUT2D eigenvalue weighted by Crippen LogP contribution is 2.14. The standard InChI is InChI=1S/C16H19N5O2/c1-21-10-12(20-15(22)11-5-3-2-4-6-11)9-13(21)16(23)19-8-7-14(17)18/h2-6,9-10H,7-8H2,1H3,(H3,17,18)(H,19,23)(H,20,22). The molecular weight excluding hydrogens is 294 g/mol. The van der Waals surface area contributed by atoms with Crippen LogP contribution in [0, 0.1) is 5.41 Å². The van der Waals surface area contributed by atoms with Crippen molar-refractivity contribution in [3.63, 3.8) is 0 Å². The number of hydrogen-bond acceptors (Lipinski definition) is 3. The van der Waals surface area contributed by atoms with Crippen LogP contribution in [-0.4, -0.2) is 28.8 Å². The van der Waals surface area contributed by atoms with E-state index < -0.39 is 0 Å². The summed E-state index contributed by atoms with van der Waals surface area (Å²) < 4.78 is 1.63. The number of carbonyl (C=O) groups is 2. The third kappa shape index (κ3) is 4.44. The Morgan fingerprint density at radius 3 is 2.57 bits per heavy atom. The average molecular weight is 313 g/mol. The highest BCUT2D eigenvalue weighted by molar-refractivity contribution is 6.05. The Labute approximate surface area is 134 Å². The van der Waals surface area contributed by atoms with E-state index in [-0.39, 0.29) is 17.6 Å². The van der Waals surface area contributed by atoms with Gasteiger partial charge in [-0.2, -0.15) is 0 Å². The summed E-state index contributed by atoms with van der Waals surface area (Å²) in [6, 6.07) is 10.4. The third-order valence-electron chi connectivity index (χ3n) is 3.21. The highest BCUT2D eigenvalue weighted by atomic mass is 16.2. The van der Waals surface area contributed by atoms with Crippen LogP contribution in [0.25, 0.3) is 0 Å². The monoisotopic (exact) mass is 313 g/mol. The van der Waals surface area contributed by atoms with E-state index in [2.05, 4.69) is 10.6 Å². The van der Waals surface area contributed by atoms with E-state index in [1.807, 2.05) is 6.07 Å². The summed E-state index contributed by atoms with van der Waals surface area (Å²) in [6.07, 6.45) is 1.97. The van der Waals surface area contributed by atoms with Crippen LogP contribution in [0.2, 0.25) is 0 Å². The summed E-state index contributed by atoms with van der Waals surface area (Å²) in [4.78, 5) is 24.2. The van der Waals surface area contributed by atoms with Crippen molar-refractivity contribution >= 4 is 23.3 Å². The molecule has 0 spiro atoms. The number of nitrogens with one attached hydrogen (secondary N) is 3. The van der Waals surface area contributed by atoms with Crippen LogP contribution in [0.4, 0.5) is 5.69 Å². The number of amidine groups is 1. The van der Waals surface area contributed by atoms with E-state index in [1.165, 1.54) is 0 Å². The molecule has 2 aromatic rings. The molecule has 0 aliphatic carbocycles. The topological polar surface area (TPSA) is 113 Å². The van der Waals surface area contributed by atoms with Gasteiger partial charge in [0, 0.05) is 31.8 Å². The SMILES string of the molecule is Cn1cc(NC(=O)c2ccccc2)cc1C(=O)NCCC(=N)N. The minimum Gasteiger partial charge on any atom is -0.388 e. The molecule has 0 aliphatic rings. The smallest absolute Gasteiger partial charge is 0.267 e. The lowest BCUT2D eigenvalue weighted by atomic mass is 10.2. The van der Waals surface area contributed by atoms with Crippen molar-refractivity contribution in [3.05, 3.63) is 53.9 Å². The first kappa shape index (κ1) is 16.3. The molecule has 0 aliphatic heterocycles. The average Bonchev–Trinajstić information content (AvgIpc) is 2.88. The zero-order valence-electron chi connectivity index (χ0n) is 12.8. The van der Waals surface area contributed by atoms with E-state index in [9.17, 15) is 9.59 Å². The summed E-state index contributed by atoms with van der Waals surface area (Å²) in [5, 5.41) is 12.6. The number of aromatic nitrogens is 1. The second-order valence-corrected chi connectivity index (χ2v) is 5.08. The van der Waals surface area contributed by atoms with Crippen molar-refractivity contribution in [2.45, 2.75) is 6.42 Å². The maximum atomic E-state index is 12.1. The Morgan fingerprint density at radius 2 is 1.91 bits per heavy atom. The van der Waals surface area contributed by atoms with Crippen molar-refractivity contribution < 1.29 is 9.59 Å². The number of carbonyl (C=O) groups excluding carboxylic acids is 2. The van der Waals surface area contributed by atoms with Crippen LogP contribution >= 0.6 is 0 Å². The summed E-state index contributed by atoms with van der Waals surface area (Å²) in [5.41, 5.74) is 6.74. The number of amides is 2. The molecule has 1 aromatic carbocycles. The largest absolute Gasteiger partial charge is 0.388 e. The Hall–Kier alpha value is -3.09. The van der Waals surface area contributed by atoms with Crippen molar-refractivity contribution in [2.24, 2.45) is 12.8 Å². The van der Waals surface area contributed by atoms with Gasteiger partial charge in [0.15, 0.2) is 0 Å². The second kappa shape index (κ2) is 7.26. The Morgan fingerprint density at radius 1 is 1.22 bits per heavy atom. The minimum absolute atomic E-state index is 0.0213. The van der Waals surface area contributed by atoms with Crippen LogP contribution in [0.5, 0.6) is 0 Å². The number of rotatable bonds is 6. The highest BCUT2D eigenvalue weighted by Gasteiger charge is 2.13. The van der Waals surface area contributed by atoms with Crippen molar-refractivity contribution in [3.8, 4) is 0 Å². The molecule has 7 heteroatoms. The maximum Gasteiger partial charge on any atom is 0.267 e. The van der Waals surface area contributed by atoms with Crippen molar-refractivity contribution in [2.75, 3.05) is 11.9 Å². The summed E-state index contributed by atoms with van der Waals surface area (Å²) in [7, 11) is 1.72. The van der Waals surface area contributed by atoms with Gasteiger partial charge in [-0.25, -0.2) is 0 Å². The molecule has 0 bridgehead atoms. The van der Waals surface area contributed by atoms with E-state index in [1.54, 1.807) is 48.1 Å². The molecule has 2 rings (SSSR count). The van der Waals surface area contributed by atoms with Crippen LogP contribution in [0.15, 0.2) is 42.6 Å². The van der Waals surface area contributed by atoms with E-state index >= 15 is 0 Å². The zero-order chi connectivity index (χ0) is 16.8. The normalized spacial score (nSPS) is 10.1. The summed E-state index contributed by atoms with van der Waals surface area (Å²) in [5.74, 6) is -0.498. The number of hydrogen-bond donors (Lipinski definition) is 4. The number of benzene rings is 1. The van der Waals surface area contributed by atoms with Gasteiger partial charge in [-0.3, -0.25) is 15.0 Å². The first-order valence-electron chi connectivity index (χ1n) is 7.11. The Kier molecular flexibility index (Phi) is 5.14. The first-order valence-corrected chi connectivity index (χ1v) is 7.11. The molecule has 0 atom stereocenters. The lowest BCUT2D eigenvalue weighted by Crippen LogP contribution is -2.28. The molecule has 0 fully saturated rings. The van der Waals surface area contributed by atoms with Crippen LogP contribution in [0.1, 0.15) is 27.3 Å². The number of nitrogens with zero attached hydrogens (tertiary/aromatic N) is 1. The predicted octanol–water partition coefficient (Wildman–Crippen LogP) is 1.33. The van der Waals surface area contributed by atoms with Gasteiger partial charge in [0.05, 0.1) is 11.5 Å².